The summed E-state index contributed by atoms with van der Waals surface area (Å²) in [5.74, 6) is -1.53. The van der Waals surface area contributed by atoms with Crippen LogP contribution in [0.4, 0.5) is 5.69 Å². The van der Waals surface area contributed by atoms with E-state index in [9.17, 15) is 18.0 Å². The summed E-state index contributed by atoms with van der Waals surface area (Å²) >= 11 is 5.93. The van der Waals surface area contributed by atoms with Gasteiger partial charge in [-0.25, -0.2) is 8.42 Å². The van der Waals surface area contributed by atoms with Crippen LogP contribution in [0.25, 0.3) is 10.9 Å². The van der Waals surface area contributed by atoms with E-state index in [2.05, 4.69) is 5.32 Å². The van der Waals surface area contributed by atoms with Crippen LogP contribution < -0.4 is 5.32 Å². The summed E-state index contributed by atoms with van der Waals surface area (Å²) in [5, 5.41) is 3.46. The summed E-state index contributed by atoms with van der Waals surface area (Å²) in [4.78, 5) is 27.2. The second-order valence-electron chi connectivity index (χ2n) is 8.51. The fourth-order valence-corrected chi connectivity index (χ4v) is 5.79. The molecule has 0 bridgehead atoms. The molecule has 2 amide bonds. The molecule has 0 saturated carbocycles. The number of fused-ring (bicyclic) bond motifs is 1. The molecular weight excluding hydrogens is 478 g/mol. The van der Waals surface area contributed by atoms with Crippen LogP contribution in [0.15, 0.2) is 59.6 Å². The van der Waals surface area contributed by atoms with Gasteiger partial charge >= 0.3 is 0 Å². The molecule has 34 heavy (non-hydrogen) atoms. The van der Waals surface area contributed by atoms with E-state index in [1.54, 1.807) is 51.9 Å². The highest BCUT2D eigenvalue weighted by atomic mass is 35.5. The number of benzene rings is 2. The normalized spacial score (nSPS) is 18.7. The van der Waals surface area contributed by atoms with E-state index in [0.29, 0.717) is 34.7 Å². The van der Waals surface area contributed by atoms with E-state index in [-0.39, 0.29) is 29.6 Å². The van der Waals surface area contributed by atoms with Gasteiger partial charge in [0.25, 0.3) is 0 Å². The monoisotopic (exact) mass is 503 g/mol. The largest absolute Gasteiger partial charge is 0.372 e. The summed E-state index contributed by atoms with van der Waals surface area (Å²) in [6, 6.07) is 13.4. The van der Waals surface area contributed by atoms with Crippen molar-refractivity contribution in [3.63, 3.8) is 0 Å². The van der Waals surface area contributed by atoms with Gasteiger partial charge in [0.15, 0.2) is 9.84 Å². The lowest BCUT2D eigenvalue weighted by Crippen LogP contribution is -2.49. The van der Waals surface area contributed by atoms with Crippen LogP contribution in [0.1, 0.15) is 13.8 Å². The van der Waals surface area contributed by atoms with Gasteiger partial charge in [0.05, 0.1) is 17.1 Å². The van der Waals surface area contributed by atoms with Gasteiger partial charge in [-0.15, -0.1) is 0 Å². The van der Waals surface area contributed by atoms with Gasteiger partial charge in [-0.2, -0.15) is 0 Å². The molecule has 4 rings (SSSR count). The van der Waals surface area contributed by atoms with Crippen LogP contribution in [0, 0.1) is 0 Å². The third-order valence-electron chi connectivity index (χ3n) is 5.59. The maximum absolute atomic E-state index is 13.2. The molecule has 2 heterocycles. The first-order valence-electron chi connectivity index (χ1n) is 10.9. The Morgan fingerprint density at radius 1 is 1.09 bits per heavy atom. The number of para-hydroxylation sites is 1. The van der Waals surface area contributed by atoms with Crippen molar-refractivity contribution in [1.29, 1.82) is 0 Å². The molecule has 2 unspecified atom stereocenters. The Bertz CT molecular complexity index is 1330. The van der Waals surface area contributed by atoms with E-state index in [1.807, 2.05) is 13.8 Å². The van der Waals surface area contributed by atoms with Crippen molar-refractivity contribution in [1.82, 2.24) is 9.47 Å². The minimum Gasteiger partial charge on any atom is -0.372 e. The zero-order chi connectivity index (χ0) is 24.5. The van der Waals surface area contributed by atoms with Crippen molar-refractivity contribution in [2.75, 3.05) is 24.2 Å². The number of nitrogens with zero attached hydrogens (tertiary/aromatic N) is 2. The molecule has 180 valence electrons. The molecule has 1 aliphatic rings. The second-order valence-corrected chi connectivity index (χ2v) is 10.9. The number of anilines is 1. The van der Waals surface area contributed by atoms with Crippen LogP contribution >= 0.6 is 11.6 Å². The SMILES string of the molecule is CC1CN(C(=O)Cn2cc(S(=O)(=O)CC(=O)Nc3cccc(Cl)c3)c3ccccc32)CC(C)O1. The van der Waals surface area contributed by atoms with Gasteiger partial charge in [-0.1, -0.05) is 35.9 Å². The molecule has 0 spiro atoms. The van der Waals surface area contributed by atoms with Crippen LogP contribution in [-0.4, -0.2) is 60.7 Å². The fraction of sp³-hybridized carbons (Fsp3) is 0.333. The quantitative estimate of drug-likeness (QED) is 0.556. The lowest BCUT2D eigenvalue weighted by atomic mass is 10.2. The Hall–Kier alpha value is -2.88. The van der Waals surface area contributed by atoms with Crippen molar-refractivity contribution in [2.24, 2.45) is 0 Å². The van der Waals surface area contributed by atoms with Crippen molar-refractivity contribution in [2.45, 2.75) is 37.5 Å². The number of aromatic nitrogens is 1. The summed E-state index contributed by atoms with van der Waals surface area (Å²) < 4.78 is 33.7. The zero-order valence-electron chi connectivity index (χ0n) is 18.9. The number of morpholine rings is 1. The third-order valence-corrected chi connectivity index (χ3v) is 7.47. The van der Waals surface area contributed by atoms with Crippen molar-refractivity contribution in [3.05, 3.63) is 59.8 Å². The Labute approximate surface area is 203 Å². The number of sulfone groups is 1. The minimum absolute atomic E-state index is 0.00974. The number of halogens is 1. The first-order chi connectivity index (χ1) is 16.1. The molecule has 1 aliphatic heterocycles. The van der Waals surface area contributed by atoms with Gasteiger partial charge in [-0.3, -0.25) is 9.59 Å². The summed E-state index contributed by atoms with van der Waals surface area (Å²) in [5.41, 5.74) is 1.02. The molecular formula is C24H26ClN3O5S. The number of hydrogen-bond acceptors (Lipinski definition) is 5. The lowest BCUT2D eigenvalue weighted by molar-refractivity contribution is -0.143. The standard InChI is InChI=1S/C24H26ClN3O5S/c1-16-11-28(12-17(2)33-16)24(30)14-27-13-22(20-8-3-4-9-21(20)27)34(31,32)15-23(29)26-19-7-5-6-18(25)10-19/h3-10,13,16-17H,11-12,14-15H2,1-2H3,(H,26,29). The molecule has 0 radical (unpaired) electrons. The molecule has 8 nitrogen and oxygen atoms in total. The van der Waals surface area contributed by atoms with Gasteiger partial charge in [-0.05, 0) is 38.1 Å². The summed E-state index contributed by atoms with van der Waals surface area (Å²) in [7, 11) is -3.98. The number of carbonyl (C=O) groups excluding carboxylic acids is 2. The Morgan fingerprint density at radius 2 is 1.79 bits per heavy atom. The number of amides is 2. The number of hydrogen-bond donors (Lipinski definition) is 1. The Kier molecular flexibility index (Phi) is 6.97. The topological polar surface area (TPSA) is 97.7 Å². The molecule has 1 aromatic heterocycles. The predicted octanol–water partition coefficient (Wildman–Crippen LogP) is 3.34. The van der Waals surface area contributed by atoms with Crippen LogP contribution in [0.3, 0.4) is 0 Å². The van der Waals surface area contributed by atoms with Crippen LogP contribution in [0.5, 0.6) is 0 Å². The average Bonchev–Trinajstić information content (AvgIpc) is 3.12. The molecule has 1 fully saturated rings. The van der Waals surface area contributed by atoms with Crippen molar-refractivity contribution in [3.8, 4) is 0 Å². The third kappa shape index (κ3) is 5.43. The molecule has 10 heteroatoms. The van der Waals surface area contributed by atoms with E-state index in [1.165, 1.54) is 12.3 Å². The number of rotatable bonds is 6. The molecule has 1 N–H and O–H groups in total. The van der Waals surface area contributed by atoms with Gasteiger partial charge in [0.2, 0.25) is 11.8 Å². The lowest BCUT2D eigenvalue weighted by Gasteiger charge is -2.35. The molecule has 1 saturated heterocycles. The maximum atomic E-state index is 13.2. The molecule has 2 aromatic carbocycles. The fourth-order valence-electron chi connectivity index (χ4n) is 4.23. The number of nitrogens with one attached hydrogen (secondary N) is 1. The number of ether oxygens (including phenoxy) is 1. The first kappa shape index (κ1) is 24.3. The summed E-state index contributed by atoms with van der Waals surface area (Å²) in [6.07, 6.45) is 1.31. The average molecular weight is 504 g/mol. The Morgan fingerprint density at radius 3 is 2.50 bits per heavy atom. The smallest absolute Gasteiger partial charge is 0.242 e. The van der Waals surface area contributed by atoms with Gasteiger partial charge in [0.1, 0.15) is 12.3 Å². The second kappa shape index (κ2) is 9.77. The molecule has 0 aliphatic carbocycles. The first-order valence-corrected chi connectivity index (χ1v) is 12.9. The summed E-state index contributed by atoms with van der Waals surface area (Å²) in [6.45, 7) is 4.79. The molecule has 3 aromatic rings. The highest BCUT2D eigenvalue weighted by Gasteiger charge is 2.28. The van der Waals surface area contributed by atoms with E-state index >= 15 is 0 Å². The van der Waals surface area contributed by atoms with Gasteiger partial charge < -0.3 is 19.5 Å². The highest BCUT2D eigenvalue weighted by molar-refractivity contribution is 7.92. The predicted molar refractivity (Wildman–Crippen MR) is 131 cm³/mol. The maximum Gasteiger partial charge on any atom is 0.242 e. The van der Waals surface area contributed by atoms with E-state index in [4.69, 9.17) is 16.3 Å². The zero-order valence-corrected chi connectivity index (χ0v) is 20.5. The van der Waals surface area contributed by atoms with Crippen LogP contribution in [0.2, 0.25) is 5.02 Å². The molecule has 2 atom stereocenters. The van der Waals surface area contributed by atoms with E-state index in [0.717, 1.165) is 0 Å². The minimum atomic E-state index is -3.98. The highest BCUT2D eigenvalue weighted by Crippen LogP contribution is 2.27. The van der Waals surface area contributed by atoms with Crippen molar-refractivity contribution < 1.29 is 22.7 Å². The van der Waals surface area contributed by atoms with Gasteiger partial charge in [0, 0.05) is 40.9 Å². The number of carbonyl (C=O) groups is 2. The van der Waals surface area contributed by atoms with Crippen molar-refractivity contribution >= 4 is 49.8 Å². The van der Waals surface area contributed by atoms with Crippen LogP contribution in [-0.2, 0) is 30.7 Å². The van der Waals surface area contributed by atoms with E-state index < -0.39 is 21.5 Å². The Balaban J connectivity index is 1.57.